The van der Waals surface area contributed by atoms with Crippen molar-refractivity contribution in [1.29, 1.82) is 5.26 Å². The zero-order valence-electron chi connectivity index (χ0n) is 15.9. The van der Waals surface area contributed by atoms with Crippen molar-refractivity contribution < 1.29 is 9.53 Å². The number of benzene rings is 1. The van der Waals surface area contributed by atoms with Crippen molar-refractivity contribution in [3.8, 4) is 11.8 Å². The molecule has 0 spiro atoms. The summed E-state index contributed by atoms with van der Waals surface area (Å²) in [5, 5.41) is 12.6. The number of carbonyl (C=O) groups is 1. The third kappa shape index (κ3) is 3.51. The topological polar surface area (TPSA) is 81.5 Å². The Morgan fingerprint density at radius 2 is 2.11 bits per heavy atom. The molecule has 3 heterocycles. The molecule has 2 aliphatic rings. The maximum absolute atomic E-state index is 13.4. The number of anilines is 2. The molecule has 4 rings (SSSR count). The molecule has 1 aromatic carbocycles. The molecule has 0 radical (unpaired) electrons. The second-order valence-electron chi connectivity index (χ2n) is 7.20. The van der Waals surface area contributed by atoms with Gasteiger partial charge in [-0.25, -0.2) is 9.78 Å². The van der Waals surface area contributed by atoms with Crippen LogP contribution in [0, 0.1) is 17.2 Å². The number of fused-ring (bicyclic) bond motifs is 1. The van der Waals surface area contributed by atoms with Gasteiger partial charge >= 0.3 is 6.03 Å². The van der Waals surface area contributed by atoms with Crippen LogP contribution >= 0.6 is 0 Å². The highest BCUT2D eigenvalue weighted by Gasteiger charge is 2.33. The second kappa shape index (κ2) is 7.87. The Morgan fingerprint density at radius 3 is 2.86 bits per heavy atom. The molecule has 2 aromatic rings. The van der Waals surface area contributed by atoms with Gasteiger partial charge < -0.3 is 15.0 Å². The van der Waals surface area contributed by atoms with E-state index in [-0.39, 0.29) is 11.7 Å². The van der Waals surface area contributed by atoms with Gasteiger partial charge in [-0.15, -0.1) is 0 Å². The summed E-state index contributed by atoms with van der Waals surface area (Å²) in [7, 11) is 1.64. The van der Waals surface area contributed by atoms with E-state index in [1.807, 2.05) is 23.1 Å². The monoisotopic (exact) mass is 377 g/mol. The van der Waals surface area contributed by atoms with E-state index in [1.165, 1.54) is 0 Å². The van der Waals surface area contributed by atoms with Crippen LogP contribution in [0.25, 0.3) is 0 Å². The fourth-order valence-electron chi connectivity index (χ4n) is 3.94. The number of aromatic nitrogens is 1. The van der Waals surface area contributed by atoms with Crippen molar-refractivity contribution >= 4 is 17.4 Å². The molecular formula is C21H23N5O2. The van der Waals surface area contributed by atoms with E-state index in [9.17, 15) is 10.1 Å². The summed E-state index contributed by atoms with van der Waals surface area (Å²) >= 11 is 0. The Kier molecular flexibility index (Phi) is 5.13. The maximum Gasteiger partial charge on any atom is 0.329 e. The van der Waals surface area contributed by atoms with Crippen LogP contribution in [0.3, 0.4) is 0 Å². The molecule has 1 N–H and O–H groups in total. The Bertz CT molecular complexity index is 917. The minimum atomic E-state index is -0.0636. The lowest BCUT2D eigenvalue weighted by Crippen LogP contribution is -2.47. The lowest BCUT2D eigenvalue weighted by molar-refractivity contribution is 0.181. The molecule has 7 nitrogen and oxygen atoms in total. The van der Waals surface area contributed by atoms with Crippen LogP contribution in [-0.4, -0.2) is 42.7 Å². The van der Waals surface area contributed by atoms with E-state index in [1.54, 1.807) is 30.3 Å². The van der Waals surface area contributed by atoms with Gasteiger partial charge in [0.15, 0.2) is 0 Å². The van der Waals surface area contributed by atoms with Crippen LogP contribution in [0.5, 0.6) is 5.75 Å². The Labute approximate surface area is 164 Å². The minimum absolute atomic E-state index is 0.0636. The van der Waals surface area contributed by atoms with Gasteiger partial charge in [0.25, 0.3) is 0 Å². The molecule has 144 valence electrons. The highest BCUT2D eigenvalue weighted by atomic mass is 16.5. The van der Waals surface area contributed by atoms with Crippen LogP contribution < -0.4 is 15.0 Å². The Balaban J connectivity index is 1.72. The summed E-state index contributed by atoms with van der Waals surface area (Å²) in [5.74, 6) is 1.26. The van der Waals surface area contributed by atoms with Gasteiger partial charge in [-0.1, -0.05) is 0 Å². The molecule has 1 saturated heterocycles. The van der Waals surface area contributed by atoms with E-state index in [2.05, 4.69) is 16.4 Å². The van der Waals surface area contributed by atoms with Crippen molar-refractivity contribution in [2.75, 3.05) is 31.6 Å². The first-order chi connectivity index (χ1) is 13.7. The molecule has 7 heteroatoms. The second-order valence-corrected chi connectivity index (χ2v) is 7.20. The van der Waals surface area contributed by atoms with Gasteiger partial charge in [0.2, 0.25) is 0 Å². The molecular weight excluding hydrogens is 354 g/mol. The molecule has 28 heavy (non-hydrogen) atoms. The third-order valence-electron chi connectivity index (χ3n) is 5.40. The number of nitrogens with one attached hydrogen (secondary N) is 1. The molecule has 0 saturated carbocycles. The summed E-state index contributed by atoms with van der Waals surface area (Å²) in [6, 6.07) is 11.1. The van der Waals surface area contributed by atoms with Gasteiger partial charge in [-0.05, 0) is 67.7 Å². The van der Waals surface area contributed by atoms with E-state index in [0.29, 0.717) is 18.2 Å². The smallest absolute Gasteiger partial charge is 0.329 e. The average Bonchev–Trinajstić information content (AvgIpc) is 2.75. The number of nitriles is 1. The predicted octanol–water partition coefficient (Wildman–Crippen LogP) is 3.04. The van der Waals surface area contributed by atoms with E-state index in [0.717, 1.165) is 49.5 Å². The van der Waals surface area contributed by atoms with Crippen molar-refractivity contribution in [3.05, 3.63) is 47.8 Å². The molecule has 1 fully saturated rings. The number of nitrogens with zero attached hydrogens (tertiary/aromatic N) is 4. The first-order valence-electron chi connectivity index (χ1n) is 9.52. The fourth-order valence-corrected chi connectivity index (χ4v) is 3.94. The Morgan fingerprint density at radius 1 is 1.29 bits per heavy atom. The number of methoxy groups -OCH3 is 1. The van der Waals surface area contributed by atoms with Crippen LogP contribution in [0.1, 0.15) is 24.1 Å². The number of piperidine rings is 1. The Hall–Kier alpha value is -3.11. The maximum atomic E-state index is 13.4. The highest BCUT2D eigenvalue weighted by Crippen LogP contribution is 2.37. The minimum Gasteiger partial charge on any atom is -0.497 e. The van der Waals surface area contributed by atoms with Gasteiger partial charge in [-0.2, -0.15) is 5.26 Å². The third-order valence-corrected chi connectivity index (χ3v) is 5.40. The summed E-state index contributed by atoms with van der Waals surface area (Å²) in [5.41, 5.74) is 2.79. The first-order valence-corrected chi connectivity index (χ1v) is 9.52. The molecule has 0 bridgehead atoms. The van der Waals surface area contributed by atoms with Gasteiger partial charge in [0.1, 0.15) is 17.5 Å². The van der Waals surface area contributed by atoms with Crippen molar-refractivity contribution in [3.63, 3.8) is 0 Å². The van der Waals surface area contributed by atoms with E-state index < -0.39 is 0 Å². The molecule has 1 aromatic heterocycles. The number of hydrogen-bond donors (Lipinski definition) is 1. The van der Waals surface area contributed by atoms with Crippen molar-refractivity contribution in [1.82, 2.24) is 15.2 Å². The number of carbonyl (C=O) groups excluding carboxylic acids is 1. The number of ether oxygens (including phenoxy) is 1. The van der Waals surface area contributed by atoms with Crippen LogP contribution in [0.15, 0.2) is 36.5 Å². The van der Waals surface area contributed by atoms with Crippen LogP contribution in [-0.2, 0) is 6.54 Å². The first kappa shape index (κ1) is 18.3. The molecule has 0 aliphatic carbocycles. The highest BCUT2D eigenvalue weighted by molar-refractivity contribution is 6.02. The average molecular weight is 377 g/mol. The fraction of sp³-hybridized carbons (Fsp3) is 0.381. The number of amides is 2. The molecule has 0 unspecified atom stereocenters. The molecule has 2 amide bonds. The van der Waals surface area contributed by atoms with Gasteiger partial charge in [0, 0.05) is 19.3 Å². The van der Waals surface area contributed by atoms with E-state index in [4.69, 9.17) is 4.74 Å². The summed E-state index contributed by atoms with van der Waals surface area (Å²) < 4.78 is 5.39. The largest absolute Gasteiger partial charge is 0.497 e. The molecule has 2 aliphatic heterocycles. The number of pyridine rings is 1. The SMILES string of the molecule is COc1ccc2c(c1)CN(CC1CCNCC1)C(=O)N2c1ccnc(C#N)c1. The lowest BCUT2D eigenvalue weighted by atomic mass is 9.96. The quantitative estimate of drug-likeness (QED) is 0.886. The molecule has 0 atom stereocenters. The number of rotatable bonds is 4. The summed E-state index contributed by atoms with van der Waals surface area (Å²) in [4.78, 5) is 21.0. The zero-order chi connectivity index (χ0) is 19.5. The number of urea groups is 1. The number of hydrogen-bond acceptors (Lipinski definition) is 5. The van der Waals surface area contributed by atoms with Crippen LogP contribution in [0.4, 0.5) is 16.2 Å². The normalized spacial score (nSPS) is 17.2. The van der Waals surface area contributed by atoms with E-state index >= 15 is 0 Å². The zero-order valence-corrected chi connectivity index (χ0v) is 15.9. The standard InChI is InChI=1S/C21H23N5O2/c1-28-19-2-3-20-16(10-19)14-25(13-15-4-7-23-8-5-15)21(27)26(20)18-6-9-24-17(11-18)12-22/h2-3,6,9-11,15,23H,4-5,7-8,13-14H2,1H3. The van der Waals surface area contributed by atoms with Crippen molar-refractivity contribution in [2.24, 2.45) is 5.92 Å². The predicted molar refractivity (Wildman–Crippen MR) is 105 cm³/mol. The van der Waals surface area contributed by atoms with Gasteiger partial charge in [0.05, 0.1) is 18.5 Å². The van der Waals surface area contributed by atoms with Crippen molar-refractivity contribution in [2.45, 2.75) is 19.4 Å². The van der Waals surface area contributed by atoms with Crippen LogP contribution in [0.2, 0.25) is 0 Å². The summed E-state index contributed by atoms with van der Waals surface area (Å²) in [6.07, 6.45) is 3.71. The summed E-state index contributed by atoms with van der Waals surface area (Å²) in [6.45, 7) is 3.28. The van der Waals surface area contributed by atoms with Gasteiger partial charge in [-0.3, -0.25) is 4.90 Å². The lowest BCUT2D eigenvalue weighted by Gasteiger charge is -2.39.